The molecule has 0 fully saturated rings. The molecule has 2 amide bonds. The topological polar surface area (TPSA) is 98.7 Å². The number of anilines is 1. The number of rotatable bonds is 5. The van der Waals surface area contributed by atoms with Gasteiger partial charge in [-0.25, -0.2) is 9.59 Å². The van der Waals surface area contributed by atoms with Crippen molar-refractivity contribution in [2.45, 2.75) is 33.2 Å². The molecule has 0 radical (unpaired) electrons. The maximum Gasteiger partial charge on any atom is 0.339 e. The fourth-order valence-electron chi connectivity index (χ4n) is 1.95. The maximum absolute atomic E-state index is 11.7. The molecule has 0 aromatic heterocycles. The summed E-state index contributed by atoms with van der Waals surface area (Å²) in [6.45, 7) is 6.04. The van der Waals surface area contributed by atoms with E-state index in [-0.39, 0.29) is 23.4 Å². The van der Waals surface area contributed by atoms with Gasteiger partial charge >= 0.3 is 12.0 Å². The van der Waals surface area contributed by atoms with E-state index >= 15 is 0 Å². The second kappa shape index (κ2) is 6.79. The first kappa shape index (κ1) is 15.8. The Morgan fingerprint density at radius 3 is 2.40 bits per heavy atom. The van der Waals surface area contributed by atoms with Crippen molar-refractivity contribution in [3.63, 3.8) is 0 Å². The fourth-order valence-corrected chi connectivity index (χ4v) is 1.95. The van der Waals surface area contributed by atoms with Crippen LogP contribution in [0.2, 0.25) is 0 Å². The van der Waals surface area contributed by atoms with E-state index in [4.69, 9.17) is 5.11 Å². The van der Waals surface area contributed by atoms with Crippen LogP contribution in [0, 0.1) is 5.92 Å². The third-order valence-corrected chi connectivity index (χ3v) is 2.69. The van der Waals surface area contributed by atoms with Crippen molar-refractivity contribution >= 4 is 17.7 Å². The van der Waals surface area contributed by atoms with Gasteiger partial charge in [-0.05, 0) is 31.4 Å². The highest BCUT2D eigenvalue weighted by molar-refractivity contribution is 5.93. The molecule has 1 unspecified atom stereocenters. The molecule has 0 aliphatic carbocycles. The number of carboxylic acid groups (broad SMARTS) is 1. The van der Waals surface area contributed by atoms with Gasteiger partial charge in [0.2, 0.25) is 0 Å². The molecule has 0 saturated carbocycles. The molecular formula is C14H20N2O4. The Kier molecular flexibility index (Phi) is 5.37. The number of nitrogens with one attached hydrogen (secondary N) is 2. The Labute approximate surface area is 117 Å². The van der Waals surface area contributed by atoms with Crippen molar-refractivity contribution in [3.8, 4) is 5.75 Å². The Hall–Kier alpha value is -2.24. The lowest BCUT2D eigenvalue weighted by Gasteiger charge is -2.16. The standard InChI is InChI=1S/C14H20N2O4/c1-8(2)6-9(3)15-14(20)16-10-4-5-11(13(18)19)12(17)7-10/h4-5,7-9,17H,6H2,1-3H3,(H,18,19)(H2,15,16,20). The summed E-state index contributed by atoms with van der Waals surface area (Å²) in [5.41, 5.74) is 0.130. The molecule has 110 valence electrons. The van der Waals surface area contributed by atoms with Gasteiger partial charge in [0.15, 0.2) is 0 Å². The summed E-state index contributed by atoms with van der Waals surface area (Å²) in [6, 6.07) is 3.51. The minimum Gasteiger partial charge on any atom is -0.507 e. The third-order valence-electron chi connectivity index (χ3n) is 2.69. The van der Waals surface area contributed by atoms with Gasteiger partial charge in [0.05, 0.1) is 0 Å². The predicted molar refractivity (Wildman–Crippen MR) is 76.1 cm³/mol. The molecule has 1 rings (SSSR count). The van der Waals surface area contributed by atoms with Gasteiger partial charge in [-0.1, -0.05) is 13.8 Å². The van der Waals surface area contributed by atoms with Crippen LogP contribution >= 0.6 is 0 Å². The van der Waals surface area contributed by atoms with Crippen LogP contribution in [0.4, 0.5) is 10.5 Å². The Morgan fingerprint density at radius 2 is 1.90 bits per heavy atom. The molecule has 0 spiro atoms. The van der Waals surface area contributed by atoms with Crippen LogP contribution in [0.3, 0.4) is 0 Å². The van der Waals surface area contributed by atoms with Crippen LogP contribution in [-0.2, 0) is 0 Å². The average molecular weight is 280 g/mol. The molecule has 0 bridgehead atoms. The predicted octanol–water partition coefficient (Wildman–Crippen LogP) is 2.65. The highest BCUT2D eigenvalue weighted by atomic mass is 16.4. The first-order valence-corrected chi connectivity index (χ1v) is 6.43. The van der Waals surface area contributed by atoms with Gasteiger partial charge in [0.25, 0.3) is 0 Å². The maximum atomic E-state index is 11.7. The number of urea groups is 1. The molecular weight excluding hydrogens is 260 g/mol. The molecule has 1 atom stereocenters. The Balaban J connectivity index is 2.63. The summed E-state index contributed by atoms with van der Waals surface area (Å²) in [7, 11) is 0. The Bertz CT molecular complexity index is 500. The van der Waals surface area contributed by atoms with Crippen LogP contribution in [0.5, 0.6) is 5.75 Å². The van der Waals surface area contributed by atoms with Gasteiger partial charge < -0.3 is 20.8 Å². The van der Waals surface area contributed by atoms with E-state index in [0.29, 0.717) is 11.6 Å². The smallest absolute Gasteiger partial charge is 0.339 e. The number of carbonyl (C=O) groups excluding carboxylic acids is 1. The van der Waals surface area contributed by atoms with E-state index in [9.17, 15) is 14.7 Å². The van der Waals surface area contributed by atoms with E-state index in [0.717, 1.165) is 6.42 Å². The molecule has 0 aliphatic heterocycles. The number of benzene rings is 1. The number of aromatic hydroxyl groups is 1. The molecule has 6 nitrogen and oxygen atoms in total. The minimum absolute atomic E-state index is 0.0295. The van der Waals surface area contributed by atoms with Gasteiger partial charge in [-0.3, -0.25) is 0 Å². The minimum atomic E-state index is -1.22. The number of amides is 2. The van der Waals surface area contributed by atoms with Crippen LogP contribution in [-0.4, -0.2) is 28.3 Å². The van der Waals surface area contributed by atoms with E-state index in [1.54, 1.807) is 0 Å². The highest BCUT2D eigenvalue weighted by Crippen LogP contribution is 2.21. The van der Waals surface area contributed by atoms with Gasteiger partial charge in [0.1, 0.15) is 11.3 Å². The molecule has 20 heavy (non-hydrogen) atoms. The summed E-state index contributed by atoms with van der Waals surface area (Å²) >= 11 is 0. The number of carboxylic acids is 1. The highest BCUT2D eigenvalue weighted by Gasteiger charge is 2.12. The lowest BCUT2D eigenvalue weighted by Crippen LogP contribution is -2.36. The molecule has 0 saturated heterocycles. The zero-order valence-electron chi connectivity index (χ0n) is 11.8. The van der Waals surface area contributed by atoms with Crippen LogP contribution in [0.25, 0.3) is 0 Å². The summed E-state index contributed by atoms with van der Waals surface area (Å²) in [5, 5.41) is 23.6. The molecule has 1 aromatic rings. The Morgan fingerprint density at radius 1 is 1.25 bits per heavy atom. The van der Waals surface area contributed by atoms with E-state index in [1.807, 2.05) is 6.92 Å². The molecule has 6 heteroatoms. The van der Waals surface area contributed by atoms with Crippen molar-refractivity contribution < 1.29 is 19.8 Å². The average Bonchev–Trinajstić information content (AvgIpc) is 2.26. The van der Waals surface area contributed by atoms with Crippen molar-refractivity contribution in [3.05, 3.63) is 23.8 Å². The lowest BCUT2D eigenvalue weighted by molar-refractivity contribution is 0.0694. The molecule has 1 aromatic carbocycles. The summed E-state index contributed by atoms with van der Waals surface area (Å²) in [4.78, 5) is 22.5. The first-order valence-electron chi connectivity index (χ1n) is 6.43. The molecule has 4 N–H and O–H groups in total. The summed E-state index contributed by atoms with van der Waals surface area (Å²) < 4.78 is 0. The summed E-state index contributed by atoms with van der Waals surface area (Å²) in [5.74, 6) is -1.13. The zero-order chi connectivity index (χ0) is 15.3. The first-order chi connectivity index (χ1) is 9.29. The van der Waals surface area contributed by atoms with Gasteiger partial charge in [0, 0.05) is 17.8 Å². The van der Waals surface area contributed by atoms with Gasteiger partial charge in [-0.15, -0.1) is 0 Å². The van der Waals surface area contributed by atoms with Crippen molar-refractivity contribution in [1.82, 2.24) is 5.32 Å². The second-order valence-electron chi connectivity index (χ2n) is 5.17. The van der Waals surface area contributed by atoms with Gasteiger partial charge in [-0.2, -0.15) is 0 Å². The fraction of sp³-hybridized carbons (Fsp3) is 0.429. The van der Waals surface area contributed by atoms with E-state index in [2.05, 4.69) is 24.5 Å². The van der Waals surface area contributed by atoms with Crippen molar-refractivity contribution in [2.24, 2.45) is 5.92 Å². The number of carbonyl (C=O) groups is 2. The third kappa shape index (κ3) is 4.79. The van der Waals surface area contributed by atoms with Crippen molar-refractivity contribution in [2.75, 3.05) is 5.32 Å². The normalized spacial score (nSPS) is 12.0. The van der Waals surface area contributed by atoms with E-state index in [1.165, 1.54) is 18.2 Å². The van der Waals surface area contributed by atoms with Crippen LogP contribution < -0.4 is 10.6 Å². The SMILES string of the molecule is CC(C)CC(C)NC(=O)Nc1ccc(C(=O)O)c(O)c1. The lowest BCUT2D eigenvalue weighted by atomic mass is 10.1. The number of hydrogen-bond acceptors (Lipinski definition) is 3. The van der Waals surface area contributed by atoms with Crippen LogP contribution in [0.15, 0.2) is 18.2 Å². The quantitative estimate of drug-likeness (QED) is 0.666. The van der Waals surface area contributed by atoms with E-state index < -0.39 is 5.97 Å². The zero-order valence-corrected chi connectivity index (χ0v) is 11.8. The monoisotopic (exact) mass is 280 g/mol. The number of phenols is 1. The molecule has 0 aliphatic rings. The number of hydrogen-bond donors (Lipinski definition) is 4. The second-order valence-corrected chi connectivity index (χ2v) is 5.17. The largest absolute Gasteiger partial charge is 0.507 e. The van der Waals surface area contributed by atoms with Crippen molar-refractivity contribution in [1.29, 1.82) is 0 Å². The number of aromatic carboxylic acids is 1. The molecule has 0 heterocycles. The van der Waals surface area contributed by atoms with Crippen LogP contribution in [0.1, 0.15) is 37.6 Å². The summed E-state index contributed by atoms with van der Waals surface area (Å²) in [6.07, 6.45) is 0.858.